The van der Waals surface area contributed by atoms with Crippen molar-refractivity contribution in [3.63, 3.8) is 0 Å². The number of aryl methyl sites for hydroxylation is 3. The molecule has 7 heteroatoms. The van der Waals surface area contributed by atoms with Gasteiger partial charge in [-0.15, -0.1) is 11.3 Å². The molecule has 1 spiro atoms. The van der Waals surface area contributed by atoms with Crippen molar-refractivity contribution in [2.75, 3.05) is 6.54 Å². The number of aromatic nitrogens is 1. The Bertz CT molecular complexity index is 1240. The fraction of sp³-hybridized carbons (Fsp3) is 0.346. The summed E-state index contributed by atoms with van der Waals surface area (Å²) in [6.45, 7) is 4.47. The first-order chi connectivity index (χ1) is 15.9. The molecule has 2 aliphatic rings. The maximum atomic E-state index is 13.3. The van der Waals surface area contributed by atoms with Gasteiger partial charge in [0.05, 0.1) is 6.54 Å². The fourth-order valence-electron chi connectivity index (χ4n) is 5.18. The number of rotatable bonds is 6. The Morgan fingerprint density at radius 3 is 2.67 bits per heavy atom. The first kappa shape index (κ1) is 21.6. The van der Waals surface area contributed by atoms with Crippen molar-refractivity contribution in [2.24, 2.45) is 0 Å². The number of ketones is 1. The lowest BCUT2D eigenvalue weighted by molar-refractivity contribution is -0.131. The van der Waals surface area contributed by atoms with E-state index in [2.05, 4.69) is 27.4 Å². The van der Waals surface area contributed by atoms with E-state index in [-0.39, 0.29) is 18.2 Å². The van der Waals surface area contributed by atoms with Crippen LogP contribution in [0.15, 0.2) is 47.8 Å². The van der Waals surface area contributed by atoms with Crippen LogP contribution in [-0.4, -0.2) is 39.3 Å². The van der Waals surface area contributed by atoms with Crippen molar-refractivity contribution in [3.8, 4) is 0 Å². The van der Waals surface area contributed by atoms with Crippen molar-refractivity contribution >= 4 is 29.1 Å². The zero-order valence-electron chi connectivity index (χ0n) is 18.9. The largest absolute Gasteiger partial charge is 0.348 e. The summed E-state index contributed by atoms with van der Waals surface area (Å²) in [6, 6.07) is 13.6. The smallest absolute Gasteiger partial charge is 0.325 e. The summed E-state index contributed by atoms with van der Waals surface area (Å²) in [6.07, 6.45) is 2.65. The molecule has 1 aromatic carbocycles. The number of imide groups is 1. The molecule has 33 heavy (non-hydrogen) atoms. The number of benzene rings is 1. The molecular weight excluding hydrogens is 434 g/mol. The number of fused-ring (bicyclic) bond motifs is 1. The van der Waals surface area contributed by atoms with Gasteiger partial charge in [-0.3, -0.25) is 14.5 Å². The lowest BCUT2D eigenvalue weighted by Gasteiger charge is -2.32. The molecule has 0 bridgehead atoms. The third-order valence-electron chi connectivity index (χ3n) is 7.02. The lowest BCUT2D eigenvalue weighted by Crippen LogP contribution is -2.51. The first-order valence-corrected chi connectivity index (χ1v) is 12.2. The van der Waals surface area contributed by atoms with Crippen molar-refractivity contribution < 1.29 is 14.4 Å². The quantitative estimate of drug-likeness (QED) is 0.444. The van der Waals surface area contributed by atoms with Crippen LogP contribution in [0.2, 0.25) is 0 Å². The number of urea groups is 1. The van der Waals surface area contributed by atoms with E-state index in [4.69, 9.17) is 0 Å². The number of hydrogen-bond acceptors (Lipinski definition) is 4. The van der Waals surface area contributed by atoms with Crippen LogP contribution in [-0.2, 0) is 30.6 Å². The topological polar surface area (TPSA) is 71.4 Å². The molecule has 2 aromatic heterocycles. The third-order valence-corrected chi connectivity index (χ3v) is 7.95. The monoisotopic (exact) mass is 461 g/mol. The van der Waals surface area contributed by atoms with Crippen LogP contribution in [0.5, 0.6) is 0 Å². The zero-order chi connectivity index (χ0) is 23.2. The second-order valence-electron chi connectivity index (χ2n) is 9.04. The number of Topliss-reactive ketones (excluding diaryl/α,β-unsaturated/α-hetero) is 1. The summed E-state index contributed by atoms with van der Waals surface area (Å²) in [5.74, 6) is -0.496. The lowest BCUT2D eigenvalue weighted by atomic mass is 9.78. The van der Waals surface area contributed by atoms with Crippen LogP contribution in [0.3, 0.4) is 0 Å². The average Bonchev–Trinajstić information content (AvgIpc) is 3.48. The zero-order valence-corrected chi connectivity index (χ0v) is 19.7. The average molecular weight is 462 g/mol. The van der Waals surface area contributed by atoms with Crippen LogP contribution in [0.25, 0.3) is 0 Å². The van der Waals surface area contributed by atoms with Crippen molar-refractivity contribution in [3.05, 3.63) is 80.8 Å². The Balaban J connectivity index is 1.32. The highest BCUT2D eigenvalue weighted by atomic mass is 32.1. The number of thiophene rings is 1. The van der Waals surface area contributed by atoms with E-state index in [1.54, 1.807) is 11.3 Å². The summed E-state index contributed by atoms with van der Waals surface area (Å²) in [4.78, 5) is 41.7. The molecule has 3 heterocycles. The highest BCUT2D eigenvalue weighted by Crippen LogP contribution is 2.33. The number of hydrogen-bond donors (Lipinski definition) is 1. The summed E-state index contributed by atoms with van der Waals surface area (Å²) < 4.78 is 2.14. The maximum Gasteiger partial charge on any atom is 0.325 e. The van der Waals surface area contributed by atoms with Gasteiger partial charge in [-0.05, 0) is 61.7 Å². The highest BCUT2D eigenvalue weighted by molar-refractivity contribution is 7.09. The van der Waals surface area contributed by atoms with Crippen LogP contribution in [0.1, 0.15) is 44.2 Å². The van der Waals surface area contributed by atoms with Crippen molar-refractivity contribution in [1.29, 1.82) is 0 Å². The molecule has 6 nitrogen and oxygen atoms in total. The van der Waals surface area contributed by atoms with E-state index in [0.29, 0.717) is 18.4 Å². The van der Waals surface area contributed by atoms with Gasteiger partial charge in [0.15, 0.2) is 5.78 Å². The maximum absolute atomic E-state index is 13.3. The van der Waals surface area contributed by atoms with Crippen LogP contribution >= 0.6 is 11.3 Å². The van der Waals surface area contributed by atoms with Gasteiger partial charge in [0.2, 0.25) is 0 Å². The van der Waals surface area contributed by atoms with Gasteiger partial charge in [0.1, 0.15) is 5.54 Å². The second-order valence-corrected chi connectivity index (χ2v) is 10.1. The van der Waals surface area contributed by atoms with Crippen molar-refractivity contribution in [2.45, 2.75) is 51.6 Å². The highest BCUT2D eigenvalue weighted by Gasteiger charge is 2.52. The number of amides is 3. The van der Waals surface area contributed by atoms with E-state index < -0.39 is 11.6 Å². The Hall–Kier alpha value is -3.19. The Morgan fingerprint density at radius 1 is 1.12 bits per heavy atom. The second kappa shape index (κ2) is 8.30. The third kappa shape index (κ3) is 3.80. The Kier molecular flexibility index (Phi) is 5.44. The van der Waals surface area contributed by atoms with E-state index in [1.165, 1.54) is 10.4 Å². The number of carbonyl (C=O) groups is 3. The predicted molar refractivity (Wildman–Crippen MR) is 128 cm³/mol. The normalized spacial score (nSPS) is 19.8. The van der Waals surface area contributed by atoms with Gasteiger partial charge in [-0.2, -0.15) is 0 Å². The summed E-state index contributed by atoms with van der Waals surface area (Å²) >= 11 is 1.73. The molecule has 1 unspecified atom stereocenters. The van der Waals surface area contributed by atoms with Gasteiger partial charge in [0, 0.05) is 34.8 Å². The molecular formula is C26H27N3O3S. The molecule has 1 aliphatic carbocycles. The molecule has 1 aliphatic heterocycles. The molecule has 3 amide bonds. The van der Waals surface area contributed by atoms with Gasteiger partial charge in [-0.25, -0.2) is 4.79 Å². The summed E-state index contributed by atoms with van der Waals surface area (Å²) in [5.41, 5.74) is 3.82. The molecule has 0 radical (unpaired) electrons. The van der Waals surface area contributed by atoms with Crippen molar-refractivity contribution in [1.82, 2.24) is 14.8 Å². The Morgan fingerprint density at radius 2 is 1.91 bits per heavy atom. The molecule has 1 atom stereocenters. The molecule has 3 aromatic rings. The van der Waals surface area contributed by atoms with Gasteiger partial charge >= 0.3 is 6.03 Å². The Labute approximate surface area is 197 Å². The molecule has 1 saturated heterocycles. The molecule has 1 N–H and O–H groups in total. The SMILES string of the molecule is Cc1cc(C(=O)CN2C(=O)NC3(CCc4ccccc4C3)C2=O)c(C)n1CCc1cccs1. The van der Waals surface area contributed by atoms with Gasteiger partial charge < -0.3 is 9.88 Å². The van der Waals surface area contributed by atoms with Crippen LogP contribution in [0, 0.1) is 13.8 Å². The molecule has 5 rings (SSSR count). The van der Waals surface area contributed by atoms with E-state index >= 15 is 0 Å². The molecule has 0 saturated carbocycles. The van der Waals surface area contributed by atoms with Crippen LogP contribution < -0.4 is 5.32 Å². The van der Waals surface area contributed by atoms with E-state index in [1.807, 2.05) is 44.2 Å². The van der Waals surface area contributed by atoms with E-state index in [0.717, 1.165) is 41.2 Å². The molecule has 1 fully saturated rings. The summed E-state index contributed by atoms with van der Waals surface area (Å²) in [7, 11) is 0. The predicted octanol–water partition coefficient (Wildman–Crippen LogP) is 4.07. The number of nitrogens with zero attached hydrogens (tertiary/aromatic N) is 2. The van der Waals surface area contributed by atoms with Gasteiger partial charge in [0.25, 0.3) is 5.91 Å². The van der Waals surface area contributed by atoms with E-state index in [9.17, 15) is 14.4 Å². The fourth-order valence-corrected chi connectivity index (χ4v) is 5.88. The number of carbonyl (C=O) groups excluding carboxylic acids is 3. The minimum Gasteiger partial charge on any atom is -0.348 e. The standard InChI is InChI=1S/C26H27N3O3S/c1-17-14-22(18(2)28(17)12-10-21-8-5-13-33-21)23(30)16-29-24(31)26(27-25(29)32)11-9-19-6-3-4-7-20(19)15-26/h3-8,13-14H,9-12,15-16H2,1-2H3,(H,27,32). The van der Waals surface area contributed by atoms with Crippen LogP contribution in [0.4, 0.5) is 4.79 Å². The summed E-state index contributed by atoms with van der Waals surface area (Å²) in [5, 5.41) is 4.98. The van der Waals surface area contributed by atoms with Gasteiger partial charge in [-0.1, -0.05) is 30.3 Å². The molecule has 170 valence electrons. The minimum atomic E-state index is -0.941. The number of nitrogens with one attached hydrogen (secondary N) is 1. The minimum absolute atomic E-state index is 0.206. The first-order valence-electron chi connectivity index (χ1n) is 11.3.